The van der Waals surface area contributed by atoms with Crippen molar-refractivity contribution < 1.29 is 9.59 Å². The zero-order valence-corrected chi connectivity index (χ0v) is 16.5. The molecule has 3 aromatic heterocycles. The van der Waals surface area contributed by atoms with Gasteiger partial charge in [0.05, 0.1) is 16.8 Å². The summed E-state index contributed by atoms with van der Waals surface area (Å²) in [5.74, 6) is -0.222. The van der Waals surface area contributed by atoms with E-state index in [0.29, 0.717) is 15.7 Å². The largest absolute Gasteiger partial charge is 0.341 e. The van der Waals surface area contributed by atoms with Crippen LogP contribution in [0.1, 0.15) is 50.7 Å². The molecule has 1 amide bonds. The molecule has 8 heteroatoms. The molecular formula is C20H17ClN4O2S. The zero-order valence-electron chi connectivity index (χ0n) is 14.9. The van der Waals surface area contributed by atoms with Crippen molar-refractivity contribution in [1.29, 1.82) is 0 Å². The molecule has 0 radical (unpaired) electrons. The highest BCUT2D eigenvalue weighted by Gasteiger charge is 2.41. The van der Waals surface area contributed by atoms with Gasteiger partial charge in [-0.1, -0.05) is 17.7 Å². The highest BCUT2D eigenvalue weighted by molar-refractivity contribution is 7.11. The van der Waals surface area contributed by atoms with Gasteiger partial charge in [0, 0.05) is 30.4 Å². The highest BCUT2D eigenvalue weighted by Crippen LogP contribution is 2.40. The standard InChI is InChI=1S/C20H17ClN4O2S/c21-17-5-3-14(12-24-17)18(27)25-20(6-1-7-20)16-4-2-13(11-23-16)10-15(26)19-22-8-9-28-19/h2-5,8-9,11-12H,1,6-7,10H2,(H,25,27). The Morgan fingerprint density at radius 3 is 2.54 bits per heavy atom. The normalized spacial score (nSPS) is 14.9. The SMILES string of the molecule is O=C(NC1(c2ccc(CC(=O)c3nccs3)cn2)CCC1)c1ccc(Cl)nc1. The number of halogens is 1. The lowest BCUT2D eigenvalue weighted by molar-refractivity contribution is 0.0816. The van der Waals surface area contributed by atoms with E-state index in [0.717, 1.165) is 30.5 Å². The molecular weight excluding hydrogens is 396 g/mol. The number of aromatic nitrogens is 3. The molecule has 0 saturated heterocycles. The van der Waals surface area contributed by atoms with Crippen LogP contribution in [-0.2, 0) is 12.0 Å². The number of hydrogen-bond donors (Lipinski definition) is 1. The van der Waals surface area contributed by atoms with Crippen LogP contribution < -0.4 is 5.32 Å². The number of pyridine rings is 2. The van der Waals surface area contributed by atoms with Gasteiger partial charge < -0.3 is 5.32 Å². The number of ketones is 1. The Hall–Kier alpha value is -2.64. The van der Waals surface area contributed by atoms with Crippen molar-refractivity contribution in [2.24, 2.45) is 0 Å². The van der Waals surface area contributed by atoms with E-state index in [1.165, 1.54) is 17.5 Å². The summed E-state index contributed by atoms with van der Waals surface area (Å²) < 4.78 is 0. The van der Waals surface area contributed by atoms with Gasteiger partial charge in [0.1, 0.15) is 5.15 Å². The van der Waals surface area contributed by atoms with Crippen molar-refractivity contribution in [3.05, 3.63) is 75.2 Å². The first kappa shape index (κ1) is 18.7. The van der Waals surface area contributed by atoms with E-state index < -0.39 is 5.54 Å². The van der Waals surface area contributed by atoms with Gasteiger partial charge in [-0.2, -0.15) is 0 Å². The number of nitrogens with one attached hydrogen (secondary N) is 1. The van der Waals surface area contributed by atoms with Gasteiger partial charge in [-0.3, -0.25) is 14.6 Å². The van der Waals surface area contributed by atoms with E-state index in [-0.39, 0.29) is 18.1 Å². The first-order valence-corrected chi connectivity index (χ1v) is 10.1. The van der Waals surface area contributed by atoms with Gasteiger partial charge in [0.2, 0.25) is 0 Å². The van der Waals surface area contributed by atoms with Crippen LogP contribution in [0, 0.1) is 0 Å². The Kier molecular flexibility index (Phi) is 5.19. The maximum Gasteiger partial charge on any atom is 0.253 e. The molecule has 0 unspecified atom stereocenters. The number of Topliss-reactive ketones (excluding diaryl/α,β-unsaturated/α-hetero) is 1. The number of carbonyl (C=O) groups is 2. The van der Waals surface area contributed by atoms with Crippen LogP contribution in [0.5, 0.6) is 0 Å². The average molecular weight is 413 g/mol. The Morgan fingerprint density at radius 2 is 1.96 bits per heavy atom. The van der Waals surface area contributed by atoms with Gasteiger partial charge in [-0.25, -0.2) is 9.97 Å². The van der Waals surface area contributed by atoms with Crippen LogP contribution in [0.25, 0.3) is 0 Å². The quantitative estimate of drug-likeness (QED) is 0.491. The minimum absolute atomic E-state index is 0.0218. The van der Waals surface area contributed by atoms with Crippen LogP contribution in [0.2, 0.25) is 5.15 Å². The predicted molar refractivity (Wildman–Crippen MR) is 107 cm³/mol. The molecule has 28 heavy (non-hydrogen) atoms. The van der Waals surface area contributed by atoms with Gasteiger partial charge in [-0.15, -0.1) is 11.3 Å². The minimum Gasteiger partial charge on any atom is -0.341 e. The number of amides is 1. The van der Waals surface area contributed by atoms with E-state index in [1.54, 1.807) is 29.9 Å². The molecule has 0 aromatic carbocycles. The van der Waals surface area contributed by atoms with Crippen LogP contribution in [0.3, 0.4) is 0 Å². The van der Waals surface area contributed by atoms with E-state index in [4.69, 9.17) is 11.6 Å². The lowest BCUT2D eigenvalue weighted by Gasteiger charge is -2.42. The van der Waals surface area contributed by atoms with Crippen LogP contribution in [0.4, 0.5) is 0 Å². The van der Waals surface area contributed by atoms with Crippen molar-refractivity contribution >= 4 is 34.6 Å². The molecule has 0 aliphatic heterocycles. The van der Waals surface area contributed by atoms with Crippen molar-refractivity contribution in [2.75, 3.05) is 0 Å². The summed E-state index contributed by atoms with van der Waals surface area (Å²) in [7, 11) is 0. The summed E-state index contributed by atoms with van der Waals surface area (Å²) in [4.78, 5) is 37.4. The number of hydrogen-bond acceptors (Lipinski definition) is 6. The summed E-state index contributed by atoms with van der Waals surface area (Å²) in [6, 6.07) is 7.03. The van der Waals surface area contributed by atoms with Gasteiger partial charge in [0.25, 0.3) is 5.91 Å². The Morgan fingerprint density at radius 1 is 1.11 bits per heavy atom. The molecule has 1 N–H and O–H groups in total. The molecule has 0 bridgehead atoms. The van der Waals surface area contributed by atoms with E-state index in [2.05, 4.69) is 20.3 Å². The van der Waals surface area contributed by atoms with Crippen molar-refractivity contribution in [3.63, 3.8) is 0 Å². The third kappa shape index (κ3) is 3.81. The topological polar surface area (TPSA) is 84.8 Å². The second-order valence-electron chi connectivity index (χ2n) is 6.75. The maximum atomic E-state index is 12.6. The molecule has 1 aliphatic carbocycles. The molecule has 1 fully saturated rings. The smallest absolute Gasteiger partial charge is 0.253 e. The molecule has 142 valence electrons. The number of rotatable bonds is 6. The van der Waals surface area contributed by atoms with Crippen LogP contribution >= 0.6 is 22.9 Å². The Labute approximate surface area is 171 Å². The molecule has 1 saturated carbocycles. The summed E-state index contributed by atoms with van der Waals surface area (Å²) in [6.07, 6.45) is 7.72. The summed E-state index contributed by atoms with van der Waals surface area (Å²) >= 11 is 7.12. The van der Waals surface area contributed by atoms with Crippen molar-refractivity contribution in [2.45, 2.75) is 31.2 Å². The third-order valence-electron chi connectivity index (χ3n) is 4.90. The van der Waals surface area contributed by atoms with Crippen molar-refractivity contribution in [3.8, 4) is 0 Å². The van der Waals surface area contributed by atoms with Crippen LogP contribution in [-0.4, -0.2) is 26.6 Å². The number of nitrogens with zero attached hydrogens (tertiary/aromatic N) is 3. The van der Waals surface area contributed by atoms with Crippen molar-refractivity contribution in [1.82, 2.24) is 20.3 Å². The van der Waals surface area contributed by atoms with E-state index in [1.807, 2.05) is 12.1 Å². The number of carbonyl (C=O) groups excluding carboxylic acids is 2. The molecule has 4 rings (SSSR count). The van der Waals surface area contributed by atoms with Crippen LogP contribution in [0.15, 0.2) is 48.2 Å². The summed E-state index contributed by atoms with van der Waals surface area (Å²) in [6.45, 7) is 0. The fourth-order valence-corrected chi connectivity index (χ4v) is 3.90. The zero-order chi connectivity index (χ0) is 19.6. The Bertz CT molecular complexity index is 984. The lowest BCUT2D eigenvalue weighted by atomic mass is 9.73. The second kappa shape index (κ2) is 7.77. The molecule has 0 spiro atoms. The van der Waals surface area contributed by atoms with Gasteiger partial charge in [0.15, 0.2) is 10.8 Å². The van der Waals surface area contributed by atoms with Gasteiger partial charge >= 0.3 is 0 Å². The first-order chi connectivity index (χ1) is 13.6. The second-order valence-corrected chi connectivity index (χ2v) is 8.03. The summed E-state index contributed by atoms with van der Waals surface area (Å²) in [5.41, 5.74) is 1.61. The third-order valence-corrected chi connectivity index (χ3v) is 5.94. The molecule has 0 atom stereocenters. The van der Waals surface area contributed by atoms with Gasteiger partial charge in [-0.05, 0) is 43.0 Å². The number of thiazole rings is 1. The fourth-order valence-electron chi connectivity index (χ4n) is 3.21. The minimum atomic E-state index is -0.478. The predicted octanol–water partition coefficient (Wildman–Crippen LogP) is 3.82. The molecule has 3 heterocycles. The molecule has 3 aromatic rings. The summed E-state index contributed by atoms with van der Waals surface area (Å²) in [5, 5.41) is 5.74. The van der Waals surface area contributed by atoms with E-state index >= 15 is 0 Å². The monoisotopic (exact) mass is 412 g/mol. The highest BCUT2D eigenvalue weighted by atomic mass is 35.5. The Balaban J connectivity index is 1.47. The molecule has 1 aliphatic rings. The van der Waals surface area contributed by atoms with E-state index in [9.17, 15) is 9.59 Å². The average Bonchev–Trinajstić information content (AvgIpc) is 3.21. The first-order valence-electron chi connectivity index (χ1n) is 8.88. The fraction of sp³-hybridized carbons (Fsp3) is 0.250. The maximum absolute atomic E-state index is 12.6. The molecule has 6 nitrogen and oxygen atoms in total. The lowest BCUT2D eigenvalue weighted by Crippen LogP contribution is -2.51.